The SMILES string of the molecule is C=CC1(O)CCCCC1CN1CCN(c2ccccc2OC)CC1. The van der Waals surface area contributed by atoms with E-state index < -0.39 is 5.60 Å². The molecule has 0 aromatic heterocycles. The second kappa shape index (κ2) is 7.58. The van der Waals surface area contributed by atoms with Crippen LogP contribution in [0.5, 0.6) is 5.75 Å². The van der Waals surface area contributed by atoms with Gasteiger partial charge in [0.15, 0.2) is 0 Å². The van der Waals surface area contributed by atoms with Gasteiger partial charge >= 0.3 is 0 Å². The number of aliphatic hydroxyl groups is 1. The van der Waals surface area contributed by atoms with Crippen LogP contribution >= 0.6 is 0 Å². The number of hydrogen-bond donors (Lipinski definition) is 1. The zero-order valence-electron chi connectivity index (χ0n) is 14.8. The summed E-state index contributed by atoms with van der Waals surface area (Å²) in [5.41, 5.74) is 0.512. The maximum absolute atomic E-state index is 10.8. The van der Waals surface area contributed by atoms with Gasteiger partial charge < -0.3 is 14.7 Å². The van der Waals surface area contributed by atoms with Crippen LogP contribution in [0.15, 0.2) is 36.9 Å². The first-order chi connectivity index (χ1) is 11.7. The van der Waals surface area contributed by atoms with E-state index in [0.29, 0.717) is 5.92 Å². The Morgan fingerprint density at radius 3 is 2.71 bits per heavy atom. The van der Waals surface area contributed by atoms with Gasteiger partial charge in [-0.3, -0.25) is 4.90 Å². The summed E-state index contributed by atoms with van der Waals surface area (Å²) in [4.78, 5) is 4.90. The van der Waals surface area contributed by atoms with E-state index in [1.165, 1.54) is 12.1 Å². The largest absolute Gasteiger partial charge is 0.495 e. The summed E-state index contributed by atoms with van der Waals surface area (Å²) in [7, 11) is 1.73. The van der Waals surface area contributed by atoms with Crippen molar-refractivity contribution >= 4 is 5.69 Å². The average molecular weight is 330 g/mol. The average Bonchev–Trinajstić information content (AvgIpc) is 2.64. The van der Waals surface area contributed by atoms with Crippen molar-refractivity contribution in [1.29, 1.82) is 0 Å². The smallest absolute Gasteiger partial charge is 0.142 e. The molecule has 1 heterocycles. The number of rotatable bonds is 5. The molecule has 0 bridgehead atoms. The van der Waals surface area contributed by atoms with Crippen molar-refractivity contribution in [1.82, 2.24) is 4.90 Å². The minimum atomic E-state index is -0.669. The molecule has 1 saturated heterocycles. The Balaban J connectivity index is 1.58. The highest BCUT2D eigenvalue weighted by Gasteiger charge is 2.37. The molecule has 2 fully saturated rings. The zero-order valence-corrected chi connectivity index (χ0v) is 14.8. The fourth-order valence-electron chi connectivity index (χ4n) is 4.15. The highest BCUT2D eigenvalue weighted by Crippen LogP contribution is 2.35. The Morgan fingerprint density at radius 1 is 1.25 bits per heavy atom. The van der Waals surface area contributed by atoms with Crippen LogP contribution in [-0.2, 0) is 0 Å². The standard InChI is InChI=1S/C20H30N2O2/c1-3-20(23)11-7-6-8-17(20)16-21-12-14-22(15-13-21)18-9-4-5-10-19(18)24-2/h3-5,9-10,17,23H,1,6-8,11-16H2,2H3. The maximum Gasteiger partial charge on any atom is 0.142 e. The van der Waals surface area contributed by atoms with Gasteiger partial charge in [0.1, 0.15) is 5.75 Å². The van der Waals surface area contributed by atoms with Crippen LogP contribution < -0.4 is 9.64 Å². The summed E-state index contributed by atoms with van der Waals surface area (Å²) in [6.45, 7) is 8.91. The molecule has 24 heavy (non-hydrogen) atoms. The molecular formula is C20H30N2O2. The van der Waals surface area contributed by atoms with E-state index in [9.17, 15) is 5.11 Å². The molecule has 2 unspecified atom stereocenters. The van der Waals surface area contributed by atoms with Crippen LogP contribution in [-0.4, -0.2) is 55.4 Å². The van der Waals surface area contributed by atoms with Gasteiger partial charge in [-0.25, -0.2) is 0 Å². The summed E-state index contributed by atoms with van der Waals surface area (Å²) in [5, 5.41) is 10.8. The molecule has 0 amide bonds. The third kappa shape index (κ3) is 3.60. The predicted molar refractivity (Wildman–Crippen MR) is 98.8 cm³/mol. The Kier molecular flexibility index (Phi) is 5.47. The molecule has 4 nitrogen and oxygen atoms in total. The Bertz CT molecular complexity index is 554. The lowest BCUT2D eigenvalue weighted by atomic mass is 9.75. The van der Waals surface area contributed by atoms with Crippen LogP contribution in [0.2, 0.25) is 0 Å². The predicted octanol–water partition coefficient (Wildman–Crippen LogP) is 2.92. The van der Waals surface area contributed by atoms with Gasteiger partial charge in [-0.1, -0.05) is 31.1 Å². The second-order valence-corrected chi connectivity index (χ2v) is 7.10. The first kappa shape index (κ1) is 17.3. The Morgan fingerprint density at radius 2 is 2.00 bits per heavy atom. The fourth-order valence-corrected chi connectivity index (χ4v) is 4.15. The Labute approximate surface area is 145 Å². The number of ether oxygens (including phenoxy) is 1. The molecule has 1 aromatic carbocycles. The number of piperazine rings is 1. The van der Waals surface area contributed by atoms with Gasteiger partial charge in [0.05, 0.1) is 18.4 Å². The number of methoxy groups -OCH3 is 1. The highest BCUT2D eigenvalue weighted by atomic mass is 16.5. The lowest BCUT2D eigenvalue weighted by molar-refractivity contribution is -0.0199. The van der Waals surface area contributed by atoms with Crippen LogP contribution in [0.1, 0.15) is 25.7 Å². The minimum absolute atomic E-state index is 0.321. The summed E-state index contributed by atoms with van der Waals surface area (Å²) in [6.07, 6.45) is 6.09. The Hall–Kier alpha value is -1.52. The van der Waals surface area contributed by atoms with E-state index in [-0.39, 0.29) is 0 Å². The van der Waals surface area contributed by atoms with Gasteiger partial charge in [-0.2, -0.15) is 0 Å². The van der Waals surface area contributed by atoms with Crippen molar-refractivity contribution in [3.8, 4) is 5.75 Å². The molecule has 1 saturated carbocycles. The molecule has 1 N–H and O–H groups in total. The van der Waals surface area contributed by atoms with Crippen molar-refractivity contribution < 1.29 is 9.84 Å². The number of benzene rings is 1. The van der Waals surface area contributed by atoms with E-state index in [1.54, 1.807) is 13.2 Å². The molecule has 1 aromatic rings. The molecule has 0 radical (unpaired) electrons. The number of hydrogen-bond acceptors (Lipinski definition) is 4. The number of anilines is 1. The van der Waals surface area contributed by atoms with E-state index in [0.717, 1.165) is 57.7 Å². The highest BCUT2D eigenvalue weighted by molar-refractivity contribution is 5.58. The second-order valence-electron chi connectivity index (χ2n) is 7.10. The first-order valence-corrected chi connectivity index (χ1v) is 9.12. The van der Waals surface area contributed by atoms with Crippen LogP contribution in [0.4, 0.5) is 5.69 Å². The number of nitrogens with zero attached hydrogens (tertiary/aromatic N) is 2. The molecule has 1 aliphatic heterocycles. The van der Waals surface area contributed by atoms with Gasteiger partial charge in [-0.05, 0) is 25.0 Å². The van der Waals surface area contributed by atoms with E-state index in [2.05, 4.69) is 28.5 Å². The van der Waals surface area contributed by atoms with Gasteiger partial charge in [0.25, 0.3) is 0 Å². The summed E-state index contributed by atoms with van der Waals surface area (Å²) < 4.78 is 5.49. The van der Waals surface area contributed by atoms with Crippen molar-refractivity contribution in [2.45, 2.75) is 31.3 Å². The monoisotopic (exact) mass is 330 g/mol. The van der Waals surface area contributed by atoms with Crippen molar-refractivity contribution in [2.75, 3.05) is 44.7 Å². The van der Waals surface area contributed by atoms with Crippen molar-refractivity contribution in [3.05, 3.63) is 36.9 Å². The van der Waals surface area contributed by atoms with E-state index >= 15 is 0 Å². The van der Waals surface area contributed by atoms with Crippen LogP contribution in [0.3, 0.4) is 0 Å². The quantitative estimate of drug-likeness (QED) is 0.842. The van der Waals surface area contributed by atoms with Crippen LogP contribution in [0, 0.1) is 5.92 Å². The molecule has 2 aliphatic rings. The third-order valence-corrected chi connectivity index (χ3v) is 5.72. The molecule has 132 valence electrons. The maximum atomic E-state index is 10.8. The zero-order chi connectivity index (χ0) is 17.0. The summed E-state index contributed by atoms with van der Waals surface area (Å²) in [6, 6.07) is 8.23. The molecule has 3 rings (SSSR count). The van der Waals surface area contributed by atoms with Crippen molar-refractivity contribution in [2.24, 2.45) is 5.92 Å². The minimum Gasteiger partial charge on any atom is -0.495 e. The lowest BCUT2D eigenvalue weighted by Crippen LogP contribution is -2.51. The third-order valence-electron chi connectivity index (χ3n) is 5.72. The molecule has 2 atom stereocenters. The van der Waals surface area contributed by atoms with Gasteiger partial charge in [-0.15, -0.1) is 6.58 Å². The van der Waals surface area contributed by atoms with E-state index in [4.69, 9.17) is 4.74 Å². The topological polar surface area (TPSA) is 35.9 Å². The van der Waals surface area contributed by atoms with Gasteiger partial charge in [0.2, 0.25) is 0 Å². The first-order valence-electron chi connectivity index (χ1n) is 9.12. The molecular weight excluding hydrogens is 300 g/mol. The molecule has 0 spiro atoms. The molecule has 4 heteroatoms. The summed E-state index contributed by atoms with van der Waals surface area (Å²) in [5.74, 6) is 1.26. The van der Waals surface area contributed by atoms with Gasteiger partial charge in [0, 0.05) is 38.6 Å². The normalized spacial score (nSPS) is 28.6. The molecule has 1 aliphatic carbocycles. The lowest BCUT2D eigenvalue weighted by Gasteiger charge is -2.43. The van der Waals surface area contributed by atoms with Crippen LogP contribution in [0.25, 0.3) is 0 Å². The summed E-state index contributed by atoms with van der Waals surface area (Å²) >= 11 is 0. The van der Waals surface area contributed by atoms with E-state index in [1.807, 2.05) is 12.1 Å². The van der Waals surface area contributed by atoms with Crippen molar-refractivity contribution in [3.63, 3.8) is 0 Å². The number of para-hydroxylation sites is 2. The fraction of sp³-hybridized carbons (Fsp3) is 0.600.